The van der Waals surface area contributed by atoms with E-state index in [9.17, 15) is 4.79 Å². The lowest BCUT2D eigenvalue weighted by molar-refractivity contribution is -0.129. The molecule has 1 aliphatic heterocycles. The molecular formula is C13H18N2O2. The molecule has 1 aliphatic rings. The number of amides is 1. The molecule has 1 saturated heterocycles. The Labute approximate surface area is 101 Å². The van der Waals surface area contributed by atoms with Crippen LogP contribution in [0.2, 0.25) is 0 Å². The zero-order chi connectivity index (χ0) is 12.3. The summed E-state index contributed by atoms with van der Waals surface area (Å²) in [4.78, 5) is 13.9. The predicted octanol–water partition coefficient (Wildman–Crippen LogP) is 1.50. The molecule has 17 heavy (non-hydrogen) atoms. The predicted molar refractivity (Wildman–Crippen MR) is 66.4 cm³/mol. The largest absolute Gasteiger partial charge is 0.465 e. The van der Waals surface area contributed by atoms with Crippen LogP contribution in [0.1, 0.15) is 19.6 Å². The molecule has 1 aromatic heterocycles. The third-order valence-corrected chi connectivity index (χ3v) is 2.98. The number of nitrogens with one attached hydrogen (secondary N) is 1. The Morgan fingerprint density at radius 3 is 3.12 bits per heavy atom. The summed E-state index contributed by atoms with van der Waals surface area (Å²) in [6, 6.07) is 4.22. The molecule has 2 rings (SSSR count). The molecule has 1 amide bonds. The fraction of sp³-hybridized carbons (Fsp3) is 0.462. The normalized spacial score (nSPS) is 25.4. The minimum atomic E-state index is 0.0438. The summed E-state index contributed by atoms with van der Waals surface area (Å²) in [6.07, 6.45) is 4.88. The van der Waals surface area contributed by atoms with Crippen LogP contribution in [0.15, 0.2) is 28.9 Å². The van der Waals surface area contributed by atoms with Gasteiger partial charge in [-0.3, -0.25) is 4.79 Å². The summed E-state index contributed by atoms with van der Waals surface area (Å²) in [5, 5.41) is 3.35. The van der Waals surface area contributed by atoms with E-state index in [0.29, 0.717) is 11.8 Å². The lowest BCUT2D eigenvalue weighted by Gasteiger charge is -2.36. The van der Waals surface area contributed by atoms with Crippen LogP contribution in [-0.2, 0) is 4.79 Å². The van der Waals surface area contributed by atoms with Gasteiger partial charge in [-0.2, -0.15) is 0 Å². The molecule has 2 unspecified atom stereocenters. The number of nitrogens with zero attached hydrogens (tertiary/aromatic N) is 1. The van der Waals surface area contributed by atoms with Gasteiger partial charge >= 0.3 is 0 Å². The van der Waals surface area contributed by atoms with E-state index in [2.05, 4.69) is 19.2 Å². The van der Waals surface area contributed by atoms with Gasteiger partial charge in [0.05, 0.1) is 6.26 Å². The molecule has 0 aliphatic carbocycles. The molecule has 0 spiro atoms. The minimum absolute atomic E-state index is 0.0438. The molecule has 0 aromatic carbocycles. The van der Waals surface area contributed by atoms with Crippen LogP contribution >= 0.6 is 0 Å². The second-order valence-electron chi connectivity index (χ2n) is 4.50. The maximum Gasteiger partial charge on any atom is 0.247 e. The molecule has 1 fully saturated rings. The zero-order valence-corrected chi connectivity index (χ0v) is 10.2. The lowest BCUT2D eigenvalue weighted by Crippen LogP contribution is -2.55. The van der Waals surface area contributed by atoms with Crippen molar-refractivity contribution < 1.29 is 9.21 Å². The van der Waals surface area contributed by atoms with Crippen molar-refractivity contribution in [2.75, 3.05) is 13.1 Å². The van der Waals surface area contributed by atoms with Crippen molar-refractivity contribution in [2.24, 2.45) is 0 Å². The minimum Gasteiger partial charge on any atom is -0.465 e. The molecule has 0 saturated carbocycles. The summed E-state index contributed by atoms with van der Waals surface area (Å²) in [5.74, 6) is 0.747. The van der Waals surface area contributed by atoms with Gasteiger partial charge in [0.2, 0.25) is 5.91 Å². The highest BCUT2D eigenvalue weighted by Crippen LogP contribution is 2.09. The fourth-order valence-electron chi connectivity index (χ4n) is 1.96. The van der Waals surface area contributed by atoms with Gasteiger partial charge in [-0.15, -0.1) is 0 Å². The third-order valence-electron chi connectivity index (χ3n) is 2.98. The first-order valence-electron chi connectivity index (χ1n) is 5.92. The summed E-state index contributed by atoms with van der Waals surface area (Å²) in [5.41, 5.74) is 0. The van der Waals surface area contributed by atoms with Crippen LogP contribution < -0.4 is 5.32 Å². The molecule has 1 aromatic rings. The topological polar surface area (TPSA) is 45.5 Å². The van der Waals surface area contributed by atoms with Crippen LogP contribution in [-0.4, -0.2) is 36.0 Å². The monoisotopic (exact) mass is 234 g/mol. The Balaban J connectivity index is 1.99. The maximum atomic E-state index is 12.0. The first-order chi connectivity index (χ1) is 8.16. The molecular weight excluding hydrogens is 216 g/mol. The first kappa shape index (κ1) is 11.9. The third kappa shape index (κ3) is 2.97. The van der Waals surface area contributed by atoms with Crippen LogP contribution in [0.5, 0.6) is 0 Å². The number of piperazine rings is 1. The Bertz CT molecular complexity index is 398. The van der Waals surface area contributed by atoms with E-state index in [4.69, 9.17) is 4.42 Å². The van der Waals surface area contributed by atoms with E-state index in [1.165, 1.54) is 0 Å². The SMILES string of the molecule is CC1CN(C(=O)C=Cc2ccco2)C(C)CN1. The molecule has 2 heterocycles. The molecule has 4 heteroatoms. The van der Waals surface area contributed by atoms with Crippen molar-refractivity contribution in [3.63, 3.8) is 0 Å². The van der Waals surface area contributed by atoms with E-state index < -0.39 is 0 Å². The summed E-state index contributed by atoms with van der Waals surface area (Å²) in [7, 11) is 0. The van der Waals surface area contributed by atoms with Gasteiger partial charge < -0.3 is 14.6 Å². The number of hydrogen-bond acceptors (Lipinski definition) is 3. The van der Waals surface area contributed by atoms with E-state index in [1.807, 2.05) is 11.0 Å². The Kier molecular flexibility index (Phi) is 3.64. The van der Waals surface area contributed by atoms with Gasteiger partial charge in [0, 0.05) is 31.2 Å². The van der Waals surface area contributed by atoms with E-state index >= 15 is 0 Å². The highest BCUT2D eigenvalue weighted by atomic mass is 16.3. The first-order valence-corrected chi connectivity index (χ1v) is 5.92. The van der Waals surface area contributed by atoms with Crippen LogP contribution in [0.4, 0.5) is 0 Å². The van der Waals surface area contributed by atoms with Crippen molar-refractivity contribution in [1.82, 2.24) is 10.2 Å². The van der Waals surface area contributed by atoms with Gasteiger partial charge in [-0.1, -0.05) is 0 Å². The molecule has 4 nitrogen and oxygen atoms in total. The van der Waals surface area contributed by atoms with Gasteiger partial charge in [0.25, 0.3) is 0 Å². The second kappa shape index (κ2) is 5.19. The smallest absolute Gasteiger partial charge is 0.247 e. The molecule has 2 atom stereocenters. The van der Waals surface area contributed by atoms with Gasteiger partial charge in [-0.25, -0.2) is 0 Å². The quantitative estimate of drug-likeness (QED) is 0.789. The number of hydrogen-bond donors (Lipinski definition) is 1. The van der Waals surface area contributed by atoms with Crippen LogP contribution in [0.3, 0.4) is 0 Å². The van der Waals surface area contributed by atoms with E-state index in [0.717, 1.165) is 13.1 Å². The number of rotatable bonds is 2. The number of carbonyl (C=O) groups excluding carboxylic acids is 1. The van der Waals surface area contributed by atoms with Crippen molar-refractivity contribution in [1.29, 1.82) is 0 Å². The second-order valence-corrected chi connectivity index (χ2v) is 4.50. The summed E-state index contributed by atoms with van der Waals surface area (Å²) >= 11 is 0. The van der Waals surface area contributed by atoms with Crippen molar-refractivity contribution >= 4 is 12.0 Å². The van der Waals surface area contributed by atoms with Gasteiger partial charge in [-0.05, 0) is 32.1 Å². The average Bonchev–Trinajstić information content (AvgIpc) is 2.82. The molecule has 92 valence electrons. The average molecular weight is 234 g/mol. The highest BCUT2D eigenvalue weighted by molar-refractivity contribution is 5.91. The Morgan fingerprint density at radius 2 is 2.41 bits per heavy atom. The Morgan fingerprint density at radius 1 is 1.59 bits per heavy atom. The summed E-state index contributed by atoms with van der Waals surface area (Å²) < 4.78 is 5.15. The van der Waals surface area contributed by atoms with Crippen molar-refractivity contribution in [3.8, 4) is 0 Å². The highest BCUT2D eigenvalue weighted by Gasteiger charge is 2.24. The van der Waals surface area contributed by atoms with E-state index in [-0.39, 0.29) is 11.9 Å². The molecule has 0 radical (unpaired) electrons. The van der Waals surface area contributed by atoms with Gasteiger partial charge in [0.15, 0.2) is 0 Å². The van der Waals surface area contributed by atoms with Crippen molar-refractivity contribution in [3.05, 3.63) is 30.2 Å². The summed E-state index contributed by atoms with van der Waals surface area (Å²) in [6.45, 7) is 5.74. The fourth-order valence-corrected chi connectivity index (χ4v) is 1.96. The standard InChI is InChI=1S/C13H18N2O2/c1-10-9-15(11(2)8-14-10)13(16)6-5-12-4-3-7-17-12/h3-7,10-11,14H,8-9H2,1-2H3. The maximum absolute atomic E-state index is 12.0. The molecule has 0 bridgehead atoms. The van der Waals surface area contributed by atoms with Crippen LogP contribution in [0, 0.1) is 0 Å². The number of carbonyl (C=O) groups is 1. The van der Waals surface area contributed by atoms with Crippen molar-refractivity contribution in [2.45, 2.75) is 25.9 Å². The van der Waals surface area contributed by atoms with Crippen LogP contribution in [0.25, 0.3) is 6.08 Å². The zero-order valence-electron chi connectivity index (χ0n) is 10.2. The van der Waals surface area contributed by atoms with E-state index in [1.54, 1.807) is 24.5 Å². The Hall–Kier alpha value is -1.55. The number of furan rings is 1. The molecule has 1 N–H and O–H groups in total. The van der Waals surface area contributed by atoms with Gasteiger partial charge in [0.1, 0.15) is 5.76 Å². The lowest BCUT2D eigenvalue weighted by atomic mass is 10.1.